The van der Waals surface area contributed by atoms with Crippen LogP contribution in [-0.4, -0.2) is 17.4 Å². The van der Waals surface area contributed by atoms with Gasteiger partial charge in [-0.1, -0.05) is 30.3 Å². The van der Waals surface area contributed by atoms with Crippen LogP contribution in [0.15, 0.2) is 67.0 Å². The lowest BCUT2D eigenvalue weighted by atomic mass is 10.1. The Morgan fingerprint density at radius 1 is 1.04 bits per heavy atom. The third-order valence-electron chi connectivity index (χ3n) is 4.67. The van der Waals surface area contributed by atoms with Gasteiger partial charge in [-0.3, -0.25) is 9.78 Å². The number of halogens is 3. The van der Waals surface area contributed by atoms with Gasteiger partial charge >= 0.3 is 6.18 Å². The van der Waals surface area contributed by atoms with E-state index in [9.17, 15) is 18.0 Å². The highest BCUT2D eigenvalue weighted by Crippen LogP contribution is 2.36. The molecular weight excluding hydrogens is 367 g/mol. The van der Waals surface area contributed by atoms with Gasteiger partial charge in [-0.05, 0) is 36.2 Å². The van der Waals surface area contributed by atoms with E-state index in [-0.39, 0.29) is 11.3 Å². The number of benzene rings is 2. The zero-order valence-corrected chi connectivity index (χ0v) is 14.7. The van der Waals surface area contributed by atoms with Crippen molar-refractivity contribution < 1.29 is 18.0 Å². The van der Waals surface area contributed by atoms with E-state index in [1.54, 1.807) is 12.3 Å². The largest absolute Gasteiger partial charge is 0.418 e. The molecule has 0 saturated carbocycles. The number of anilines is 3. The van der Waals surface area contributed by atoms with Crippen molar-refractivity contribution in [2.75, 3.05) is 16.8 Å². The van der Waals surface area contributed by atoms with Crippen LogP contribution in [0.3, 0.4) is 0 Å². The van der Waals surface area contributed by atoms with Crippen molar-refractivity contribution in [3.8, 4) is 0 Å². The van der Waals surface area contributed by atoms with Crippen LogP contribution in [0.2, 0.25) is 0 Å². The molecule has 0 bridgehead atoms. The Balaban J connectivity index is 1.60. The molecule has 0 unspecified atom stereocenters. The van der Waals surface area contributed by atoms with Crippen LogP contribution in [0.5, 0.6) is 0 Å². The summed E-state index contributed by atoms with van der Waals surface area (Å²) < 4.78 is 39.4. The Labute approximate surface area is 159 Å². The average molecular weight is 383 g/mol. The molecule has 7 heteroatoms. The summed E-state index contributed by atoms with van der Waals surface area (Å²) in [5.41, 5.74) is 2.00. The maximum Gasteiger partial charge on any atom is 0.418 e. The fourth-order valence-electron chi connectivity index (χ4n) is 3.34. The minimum Gasteiger partial charge on any atom is -0.340 e. The molecule has 0 spiro atoms. The number of nitrogens with zero attached hydrogens (tertiary/aromatic N) is 2. The molecule has 28 heavy (non-hydrogen) atoms. The molecule has 0 radical (unpaired) electrons. The maximum absolute atomic E-state index is 13.1. The van der Waals surface area contributed by atoms with Crippen LogP contribution in [-0.2, 0) is 12.6 Å². The second-order valence-electron chi connectivity index (χ2n) is 6.46. The first-order valence-corrected chi connectivity index (χ1v) is 8.71. The van der Waals surface area contributed by atoms with Crippen LogP contribution in [0.25, 0.3) is 0 Å². The van der Waals surface area contributed by atoms with Gasteiger partial charge in [-0.25, -0.2) is 0 Å². The predicted octanol–water partition coefficient (Wildman–Crippen LogP) is 5.05. The number of carbonyl (C=O) groups excluding carboxylic acids is 1. The maximum atomic E-state index is 13.1. The van der Waals surface area contributed by atoms with E-state index in [1.807, 2.05) is 29.2 Å². The number of fused-ring (bicyclic) bond motifs is 1. The van der Waals surface area contributed by atoms with Gasteiger partial charge in [-0.15, -0.1) is 0 Å². The highest BCUT2D eigenvalue weighted by atomic mass is 19.4. The molecular formula is C21H16F3N3O. The van der Waals surface area contributed by atoms with E-state index in [1.165, 1.54) is 30.0 Å². The first-order valence-electron chi connectivity index (χ1n) is 8.71. The molecule has 1 N–H and O–H groups in total. The monoisotopic (exact) mass is 383 g/mol. The second kappa shape index (κ2) is 6.99. The number of nitrogens with one attached hydrogen (secondary N) is 1. The number of alkyl halides is 3. The summed E-state index contributed by atoms with van der Waals surface area (Å²) in [4.78, 5) is 18.7. The van der Waals surface area contributed by atoms with Gasteiger partial charge in [0.15, 0.2) is 0 Å². The van der Waals surface area contributed by atoms with E-state index in [4.69, 9.17) is 0 Å². The number of hydrogen-bond acceptors (Lipinski definition) is 3. The molecule has 2 aromatic carbocycles. The van der Waals surface area contributed by atoms with Gasteiger partial charge < -0.3 is 10.2 Å². The summed E-state index contributed by atoms with van der Waals surface area (Å²) in [7, 11) is 0. The zero-order valence-electron chi connectivity index (χ0n) is 14.7. The topological polar surface area (TPSA) is 45.2 Å². The molecule has 3 aromatic rings. The lowest BCUT2D eigenvalue weighted by Gasteiger charge is -2.20. The third kappa shape index (κ3) is 3.43. The molecule has 4 nitrogen and oxygen atoms in total. The van der Waals surface area contributed by atoms with Crippen LogP contribution < -0.4 is 10.2 Å². The van der Waals surface area contributed by atoms with Gasteiger partial charge in [0.2, 0.25) is 0 Å². The molecule has 0 fully saturated rings. The van der Waals surface area contributed by atoms with Crippen molar-refractivity contribution in [1.29, 1.82) is 0 Å². The van der Waals surface area contributed by atoms with Crippen LogP contribution in [0.1, 0.15) is 21.5 Å². The Morgan fingerprint density at radius 3 is 2.61 bits per heavy atom. The number of aromatic nitrogens is 1. The second-order valence-corrected chi connectivity index (χ2v) is 6.46. The van der Waals surface area contributed by atoms with E-state index in [0.717, 1.165) is 30.4 Å². The number of amides is 1. The first-order chi connectivity index (χ1) is 13.4. The van der Waals surface area contributed by atoms with Crippen molar-refractivity contribution in [1.82, 2.24) is 4.98 Å². The van der Waals surface area contributed by atoms with E-state index in [0.29, 0.717) is 0 Å². The van der Waals surface area contributed by atoms with Crippen molar-refractivity contribution in [3.63, 3.8) is 0 Å². The summed E-state index contributed by atoms with van der Waals surface area (Å²) >= 11 is 0. The van der Waals surface area contributed by atoms with E-state index >= 15 is 0 Å². The lowest BCUT2D eigenvalue weighted by molar-refractivity contribution is -0.136. The normalized spacial score (nSPS) is 13.3. The van der Waals surface area contributed by atoms with Crippen molar-refractivity contribution in [2.24, 2.45) is 0 Å². The van der Waals surface area contributed by atoms with Gasteiger partial charge in [0, 0.05) is 18.4 Å². The van der Waals surface area contributed by atoms with Crippen LogP contribution in [0.4, 0.5) is 30.2 Å². The molecule has 1 aliphatic heterocycles. The molecule has 1 aromatic heterocycles. The smallest absolute Gasteiger partial charge is 0.340 e. The Morgan fingerprint density at radius 2 is 1.79 bits per heavy atom. The number of hydrogen-bond donors (Lipinski definition) is 1. The Bertz CT molecular complexity index is 1030. The van der Waals surface area contributed by atoms with Crippen LogP contribution in [0, 0.1) is 0 Å². The fraction of sp³-hybridized carbons (Fsp3) is 0.143. The van der Waals surface area contributed by atoms with Crippen LogP contribution >= 0.6 is 0 Å². The van der Waals surface area contributed by atoms with E-state index < -0.39 is 17.6 Å². The molecule has 0 atom stereocenters. The molecule has 4 rings (SSSR count). The minimum atomic E-state index is -4.55. The van der Waals surface area contributed by atoms with Crippen molar-refractivity contribution >= 4 is 23.0 Å². The van der Waals surface area contributed by atoms with Crippen molar-refractivity contribution in [3.05, 3.63) is 83.7 Å². The summed E-state index contributed by atoms with van der Waals surface area (Å²) in [6, 6.07) is 14.5. The average Bonchev–Trinajstić information content (AvgIpc) is 3.12. The molecule has 0 aliphatic carbocycles. The summed E-state index contributed by atoms with van der Waals surface area (Å²) in [5, 5.41) is 2.35. The standard InChI is InChI=1S/C21H16F3N3O/c22-21(23,24)17-6-2-3-7-18(17)26-20(28)15-11-16(13-25-12-15)27-10-9-14-5-1-4-8-19(14)27/h1-8,11-13H,9-10H2,(H,26,28). The quantitative estimate of drug-likeness (QED) is 0.689. The fourth-order valence-corrected chi connectivity index (χ4v) is 3.34. The van der Waals surface area contributed by atoms with Gasteiger partial charge in [-0.2, -0.15) is 13.2 Å². The van der Waals surface area contributed by atoms with E-state index in [2.05, 4.69) is 10.3 Å². The van der Waals surface area contributed by atoms with Gasteiger partial charge in [0.05, 0.1) is 28.7 Å². The minimum absolute atomic E-state index is 0.193. The summed E-state index contributed by atoms with van der Waals surface area (Å²) in [6.45, 7) is 0.753. The highest BCUT2D eigenvalue weighted by molar-refractivity contribution is 6.05. The number of carbonyl (C=O) groups is 1. The molecule has 0 saturated heterocycles. The number of para-hydroxylation sites is 2. The number of rotatable bonds is 3. The van der Waals surface area contributed by atoms with Gasteiger partial charge in [0.1, 0.15) is 0 Å². The van der Waals surface area contributed by atoms with Gasteiger partial charge in [0.25, 0.3) is 5.91 Å². The molecule has 1 aliphatic rings. The third-order valence-corrected chi connectivity index (χ3v) is 4.67. The summed E-state index contributed by atoms with van der Waals surface area (Å²) in [5.74, 6) is -0.640. The van der Waals surface area contributed by atoms with Crippen molar-refractivity contribution in [2.45, 2.75) is 12.6 Å². The Kier molecular flexibility index (Phi) is 4.50. The highest BCUT2D eigenvalue weighted by Gasteiger charge is 2.33. The molecule has 2 heterocycles. The first kappa shape index (κ1) is 18.0. The summed E-state index contributed by atoms with van der Waals surface area (Å²) in [6.07, 6.45) is -0.686. The lowest BCUT2D eigenvalue weighted by Crippen LogP contribution is -2.18. The zero-order chi connectivity index (χ0) is 19.7. The number of pyridine rings is 1. The molecule has 1 amide bonds. The SMILES string of the molecule is O=C(Nc1ccccc1C(F)(F)F)c1cncc(N2CCc3ccccc32)c1. The Hall–Kier alpha value is -3.35. The predicted molar refractivity (Wildman–Crippen MR) is 101 cm³/mol. The molecule has 142 valence electrons.